The molecule has 1 aromatic heterocycles. The number of rotatable bonds is 7. The van der Waals surface area contributed by atoms with Crippen LogP contribution in [-0.4, -0.2) is 32.0 Å². The minimum absolute atomic E-state index is 0.106. The van der Waals surface area contributed by atoms with Crippen LogP contribution in [0.1, 0.15) is 45.7 Å². The largest absolute Gasteiger partial charge is 0.466 e. The van der Waals surface area contributed by atoms with Gasteiger partial charge in [0.1, 0.15) is 23.9 Å². The monoisotopic (exact) mass is 357 g/mol. The Hall–Kier alpha value is -1.47. The van der Waals surface area contributed by atoms with E-state index in [4.69, 9.17) is 13.6 Å². The number of hydrogen-bond acceptors (Lipinski definition) is 5. The number of carbonyl (C=O) groups excluding carboxylic acids is 1. The molecule has 7 heteroatoms. The molecule has 1 aromatic rings. The van der Waals surface area contributed by atoms with Crippen molar-refractivity contribution in [1.29, 1.82) is 0 Å². The lowest BCUT2D eigenvalue weighted by Gasteiger charge is -2.38. The van der Waals surface area contributed by atoms with Gasteiger partial charge in [-0.25, -0.2) is 9.37 Å². The second kappa shape index (κ2) is 8.07. The van der Waals surface area contributed by atoms with Crippen LogP contribution in [0.5, 0.6) is 0 Å². The van der Waals surface area contributed by atoms with E-state index in [2.05, 4.69) is 25.8 Å². The lowest BCUT2D eigenvalue weighted by atomic mass is 10.2. The molecule has 5 nitrogen and oxygen atoms in total. The minimum Gasteiger partial charge on any atom is -0.466 e. The number of aryl methyl sites for hydroxylation is 1. The Morgan fingerprint density at radius 3 is 2.54 bits per heavy atom. The van der Waals surface area contributed by atoms with Gasteiger partial charge in [0.25, 0.3) is 0 Å². The van der Waals surface area contributed by atoms with E-state index in [1.165, 1.54) is 12.3 Å². The van der Waals surface area contributed by atoms with E-state index in [0.29, 0.717) is 11.6 Å². The van der Waals surface area contributed by atoms with Crippen molar-refractivity contribution in [1.82, 2.24) is 4.98 Å². The molecule has 0 unspecified atom stereocenters. The molecule has 0 aromatic carbocycles. The van der Waals surface area contributed by atoms with Crippen LogP contribution in [0.2, 0.25) is 18.1 Å². The standard InChI is InChI=1S/C17H28FNO4Si/c1-8-21-16(20)10-15(23-24(6,7)17(3,4)5)14(18)9-13-11-22-12(2)19-13/h9,11,15H,8,10H2,1-7H3/b14-9+/t15-/m0/s1. The molecule has 0 saturated carbocycles. The molecule has 0 bridgehead atoms. The molecule has 0 N–H and O–H groups in total. The Kier molecular flexibility index (Phi) is 6.92. The third-order valence-electron chi connectivity index (χ3n) is 4.13. The molecule has 136 valence electrons. The summed E-state index contributed by atoms with van der Waals surface area (Å²) >= 11 is 0. The van der Waals surface area contributed by atoms with Gasteiger partial charge in [-0.2, -0.15) is 0 Å². The van der Waals surface area contributed by atoms with Gasteiger partial charge in [-0.3, -0.25) is 4.79 Å². The van der Waals surface area contributed by atoms with Crippen molar-refractivity contribution in [2.75, 3.05) is 6.61 Å². The maximum atomic E-state index is 14.8. The number of carbonyl (C=O) groups is 1. The molecule has 0 spiro atoms. The van der Waals surface area contributed by atoms with E-state index in [0.717, 1.165) is 0 Å². The number of hydrogen-bond donors (Lipinski definition) is 0. The molecular formula is C17H28FNO4Si. The van der Waals surface area contributed by atoms with Crippen molar-refractivity contribution in [3.8, 4) is 0 Å². The van der Waals surface area contributed by atoms with Gasteiger partial charge in [0, 0.05) is 13.0 Å². The lowest BCUT2D eigenvalue weighted by Crippen LogP contribution is -2.44. The SMILES string of the molecule is CCOC(=O)C[C@H](O[Si](C)(C)C(C)(C)C)/C(F)=C\c1coc(C)n1. The van der Waals surface area contributed by atoms with Gasteiger partial charge in [0.15, 0.2) is 14.2 Å². The summed E-state index contributed by atoms with van der Waals surface area (Å²) in [5, 5.41) is -0.106. The van der Waals surface area contributed by atoms with Crippen LogP contribution in [0.15, 0.2) is 16.5 Å². The average molecular weight is 357 g/mol. The molecule has 1 atom stereocenters. The summed E-state index contributed by atoms with van der Waals surface area (Å²) in [5.41, 5.74) is 0.359. The summed E-state index contributed by atoms with van der Waals surface area (Å²) in [7, 11) is -2.27. The van der Waals surface area contributed by atoms with Crippen molar-refractivity contribution in [2.45, 2.75) is 65.3 Å². The van der Waals surface area contributed by atoms with Gasteiger partial charge in [-0.15, -0.1) is 0 Å². The van der Waals surface area contributed by atoms with E-state index in [1.54, 1.807) is 13.8 Å². The van der Waals surface area contributed by atoms with Gasteiger partial charge in [-0.05, 0) is 25.1 Å². The molecule has 0 aliphatic rings. The van der Waals surface area contributed by atoms with Crippen molar-refractivity contribution in [3.05, 3.63) is 23.7 Å². The Morgan fingerprint density at radius 2 is 2.08 bits per heavy atom. The highest BCUT2D eigenvalue weighted by atomic mass is 28.4. The molecule has 24 heavy (non-hydrogen) atoms. The zero-order valence-electron chi connectivity index (χ0n) is 15.6. The predicted molar refractivity (Wildman–Crippen MR) is 93.6 cm³/mol. The number of oxazole rings is 1. The van der Waals surface area contributed by atoms with Crippen molar-refractivity contribution in [3.63, 3.8) is 0 Å². The molecule has 0 radical (unpaired) electrons. The minimum atomic E-state index is -2.27. The van der Waals surface area contributed by atoms with E-state index in [9.17, 15) is 9.18 Å². The van der Waals surface area contributed by atoms with Crippen LogP contribution in [0.25, 0.3) is 6.08 Å². The highest BCUT2D eigenvalue weighted by Gasteiger charge is 2.40. The summed E-state index contributed by atoms with van der Waals surface area (Å²) in [6.45, 7) is 13.8. The topological polar surface area (TPSA) is 61.6 Å². The van der Waals surface area contributed by atoms with Crippen LogP contribution in [-0.2, 0) is 14.0 Å². The molecule has 0 saturated heterocycles. The van der Waals surface area contributed by atoms with Crippen molar-refractivity contribution < 1.29 is 22.8 Å². The predicted octanol–water partition coefficient (Wildman–Crippen LogP) is 4.64. The Morgan fingerprint density at radius 1 is 1.46 bits per heavy atom. The highest BCUT2D eigenvalue weighted by Crippen LogP contribution is 2.38. The number of nitrogens with zero attached hydrogens (tertiary/aromatic N) is 1. The maximum Gasteiger partial charge on any atom is 0.308 e. The third-order valence-corrected chi connectivity index (χ3v) is 8.62. The first-order valence-electron chi connectivity index (χ1n) is 8.09. The molecule has 0 amide bonds. The molecule has 1 rings (SSSR count). The fraction of sp³-hybridized carbons (Fsp3) is 0.647. The Bertz CT molecular complexity index is 590. The Labute approximate surface area is 144 Å². The molecular weight excluding hydrogens is 329 g/mol. The third kappa shape index (κ3) is 5.87. The van der Waals surface area contributed by atoms with Crippen LogP contribution in [0.4, 0.5) is 4.39 Å². The fourth-order valence-electron chi connectivity index (χ4n) is 1.78. The van der Waals surface area contributed by atoms with Crippen LogP contribution in [0.3, 0.4) is 0 Å². The van der Waals surface area contributed by atoms with Gasteiger partial charge >= 0.3 is 5.97 Å². The number of aromatic nitrogens is 1. The van der Waals surface area contributed by atoms with Gasteiger partial charge < -0.3 is 13.6 Å². The quantitative estimate of drug-likeness (QED) is 0.525. The normalized spacial score (nSPS) is 14.6. The number of halogens is 1. The zero-order chi connectivity index (χ0) is 18.5. The van der Waals surface area contributed by atoms with Gasteiger partial charge in [0.2, 0.25) is 0 Å². The molecule has 0 aliphatic carbocycles. The summed E-state index contributed by atoms with van der Waals surface area (Å²) in [4.78, 5) is 15.9. The Balaban J connectivity index is 3.04. The van der Waals surface area contributed by atoms with E-state index in [1.807, 2.05) is 13.1 Å². The van der Waals surface area contributed by atoms with Crippen molar-refractivity contribution in [2.24, 2.45) is 0 Å². The van der Waals surface area contributed by atoms with E-state index in [-0.39, 0.29) is 18.1 Å². The van der Waals surface area contributed by atoms with Gasteiger partial charge in [-0.1, -0.05) is 20.8 Å². The maximum absolute atomic E-state index is 14.8. The zero-order valence-corrected chi connectivity index (χ0v) is 16.6. The molecule has 0 aliphatic heterocycles. The average Bonchev–Trinajstić information content (AvgIpc) is 2.82. The first-order valence-corrected chi connectivity index (χ1v) is 11.0. The summed E-state index contributed by atoms with van der Waals surface area (Å²) in [6.07, 6.45) is 1.46. The smallest absolute Gasteiger partial charge is 0.308 e. The summed E-state index contributed by atoms with van der Waals surface area (Å²) in [6, 6.07) is 0. The number of ether oxygens (including phenoxy) is 1. The highest BCUT2D eigenvalue weighted by molar-refractivity contribution is 6.74. The van der Waals surface area contributed by atoms with Crippen LogP contribution in [0, 0.1) is 6.92 Å². The first-order chi connectivity index (χ1) is 11.0. The first kappa shape index (κ1) is 20.6. The molecule has 1 heterocycles. The summed E-state index contributed by atoms with van der Waals surface area (Å²) < 4.78 is 30.9. The van der Waals surface area contributed by atoms with Crippen LogP contribution < -0.4 is 0 Å². The molecule has 0 fully saturated rings. The second-order valence-electron chi connectivity index (χ2n) is 7.20. The summed E-state index contributed by atoms with van der Waals surface area (Å²) in [5.74, 6) is -0.594. The second-order valence-corrected chi connectivity index (χ2v) is 12.0. The van der Waals surface area contributed by atoms with E-state index < -0.39 is 26.2 Å². The van der Waals surface area contributed by atoms with E-state index >= 15 is 0 Å². The lowest BCUT2D eigenvalue weighted by molar-refractivity contribution is -0.144. The number of esters is 1. The van der Waals surface area contributed by atoms with Gasteiger partial charge in [0.05, 0.1) is 13.0 Å². The fourth-order valence-corrected chi connectivity index (χ4v) is 3.04. The van der Waals surface area contributed by atoms with Crippen LogP contribution >= 0.6 is 0 Å². The van der Waals surface area contributed by atoms with Crippen molar-refractivity contribution >= 4 is 20.4 Å².